The second-order valence-corrected chi connectivity index (χ2v) is 4.03. The third-order valence-electron chi connectivity index (χ3n) is 2.79. The van der Waals surface area contributed by atoms with Crippen molar-refractivity contribution in [3.05, 3.63) is 41.2 Å². The van der Waals surface area contributed by atoms with Crippen molar-refractivity contribution in [2.45, 2.75) is 20.3 Å². The maximum Gasteiger partial charge on any atom is 0.137 e. The Morgan fingerprint density at radius 1 is 1.19 bits per heavy atom. The molecule has 0 unspecified atom stereocenters. The van der Waals surface area contributed by atoms with Gasteiger partial charge in [-0.25, -0.2) is 4.98 Å². The monoisotopic (exact) mass is 215 g/mol. The van der Waals surface area contributed by atoms with Crippen molar-refractivity contribution in [2.75, 3.05) is 6.54 Å². The SMILES string of the molecule is Cc1nc(-c2ccc(CCN)cc2)[nH]c1C. The van der Waals surface area contributed by atoms with Crippen LogP contribution in [0.2, 0.25) is 0 Å². The molecule has 0 aliphatic rings. The van der Waals surface area contributed by atoms with Crippen LogP contribution < -0.4 is 5.73 Å². The highest BCUT2D eigenvalue weighted by Crippen LogP contribution is 2.18. The molecule has 0 atom stereocenters. The topological polar surface area (TPSA) is 54.7 Å². The fourth-order valence-electron chi connectivity index (χ4n) is 1.68. The van der Waals surface area contributed by atoms with Gasteiger partial charge in [0.15, 0.2) is 0 Å². The first-order valence-corrected chi connectivity index (χ1v) is 5.53. The van der Waals surface area contributed by atoms with Gasteiger partial charge < -0.3 is 10.7 Å². The van der Waals surface area contributed by atoms with Crippen LogP contribution in [0.25, 0.3) is 11.4 Å². The summed E-state index contributed by atoms with van der Waals surface area (Å²) in [6.07, 6.45) is 0.927. The van der Waals surface area contributed by atoms with E-state index < -0.39 is 0 Å². The van der Waals surface area contributed by atoms with E-state index in [4.69, 9.17) is 5.73 Å². The smallest absolute Gasteiger partial charge is 0.137 e. The quantitative estimate of drug-likeness (QED) is 0.824. The largest absolute Gasteiger partial charge is 0.342 e. The molecule has 0 aliphatic carbocycles. The van der Waals surface area contributed by atoms with Crippen LogP contribution in [0.1, 0.15) is 17.0 Å². The van der Waals surface area contributed by atoms with Gasteiger partial charge >= 0.3 is 0 Å². The van der Waals surface area contributed by atoms with E-state index in [-0.39, 0.29) is 0 Å². The molecule has 1 heterocycles. The number of hydrogen-bond acceptors (Lipinski definition) is 2. The van der Waals surface area contributed by atoms with Crippen LogP contribution in [-0.2, 0) is 6.42 Å². The highest BCUT2D eigenvalue weighted by Gasteiger charge is 2.04. The van der Waals surface area contributed by atoms with E-state index in [9.17, 15) is 0 Å². The molecule has 84 valence electrons. The van der Waals surface area contributed by atoms with Gasteiger partial charge in [0.2, 0.25) is 0 Å². The van der Waals surface area contributed by atoms with Crippen LogP contribution in [0.5, 0.6) is 0 Å². The zero-order valence-corrected chi connectivity index (χ0v) is 9.75. The lowest BCUT2D eigenvalue weighted by Gasteiger charge is -2.00. The molecular formula is C13H17N3. The lowest BCUT2D eigenvalue weighted by molar-refractivity contribution is 0.969. The number of H-pyrrole nitrogens is 1. The van der Waals surface area contributed by atoms with Crippen LogP contribution in [0.4, 0.5) is 0 Å². The van der Waals surface area contributed by atoms with Crippen molar-refractivity contribution in [1.29, 1.82) is 0 Å². The highest BCUT2D eigenvalue weighted by molar-refractivity contribution is 5.56. The molecular weight excluding hydrogens is 198 g/mol. The lowest BCUT2D eigenvalue weighted by Crippen LogP contribution is -2.02. The average molecular weight is 215 g/mol. The molecule has 0 fully saturated rings. The fourth-order valence-corrected chi connectivity index (χ4v) is 1.68. The number of aromatic amines is 1. The summed E-state index contributed by atoms with van der Waals surface area (Å²) in [6, 6.07) is 8.39. The highest BCUT2D eigenvalue weighted by atomic mass is 14.9. The Labute approximate surface area is 95.7 Å². The summed E-state index contributed by atoms with van der Waals surface area (Å²) in [4.78, 5) is 7.75. The van der Waals surface area contributed by atoms with Crippen molar-refractivity contribution < 1.29 is 0 Å². The number of aromatic nitrogens is 2. The number of hydrogen-bond donors (Lipinski definition) is 2. The third kappa shape index (κ3) is 2.14. The van der Waals surface area contributed by atoms with E-state index in [2.05, 4.69) is 34.2 Å². The van der Waals surface area contributed by atoms with Gasteiger partial charge in [0.25, 0.3) is 0 Å². The summed E-state index contributed by atoms with van der Waals surface area (Å²) in [5, 5.41) is 0. The molecule has 2 rings (SSSR count). The summed E-state index contributed by atoms with van der Waals surface area (Å²) in [5.41, 5.74) is 10.1. The predicted octanol–water partition coefficient (Wildman–Crippen LogP) is 2.19. The maximum absolute atomic E-state index is 5.51. The van der Waals surface area contributed by atoms with Crippen LogP contribution in [0.3, 0.4) is 0 Å². The van der Waals surface area contributed by atoms with E-state index in [1.807, 2.05) is 13.8 Å². The number of nitrogens with one attached hydrogen (secondary N) is 1. The summed E-state index contributed by atoms with van der Waals surface area (Å²) in [7, 11) is 0. The second-order valence-electron chi connectivity index (χ2n) is 4.03. The van der Waals surface area contributed by atoms with Crippen molar-refractivity contribution in [2.24, 2.45) is 5.73 Å². The van der Waals surface area contributed by atoms with E-state index >= 15 is 0 Å². The number of aryl methyl sites for hydroxylation is 2. The number of rotatable bonds is 3. The summed E-state index contributed by atoms with van der Waals surface area (Å²) >= 11 is 0. The minimum Gasteiger partial charge on any atom is -0.342 e. The summed E-state index contributed by atoms with van der Waals surface area (Å²) in [6.45, 7) is 4.74. The Kier molecular flexibility index (Phi) is 3.06. The minimum atomic E-state index is 0.693. The number of benzene rings is 1. The summed E-state index contributed by atoms with van der Waals surface area (Å²) < 4.78 is 0. The Bertz CT molecular complexity index is 449. The van der Waals surface area contributed by atoms with Crippen molar-refractivity contribution >= 4 is 0 Å². The molecule has 2 aromatic rings. The van der Waals surface area contributed by atoms with Crippen LogP contribution in [0.15, 0.2) is 24.3 Å². The number of nitrogens with zero attached hydrogens (tertiary/aromatic N) is 1. The molecule has 3 N–H and O–H groups in total. The predicted molar refractivity (Wildman–Crippen MR) is 66.3 cm³/mol. The summed E-state index contributed by atoms with van der Waals surface area (Å²) in [5.74, 6) is 0.939. The Morgan fingerprint density at radius 3 is 2.38 bits per heavy atom. The van der Waals surface area contributed by atoms with Gasteiger partial charge in [-0.3, -0.25) is 0 Å². The van der Waals surface area contributed by atoms with E-state index in [1.165, 1.54) is 5.56 Å². The molecule has 0 aliphatic heterocycles. The van der Waals surface area contributed by atoms with Gasteiger partial charge in [-0.05, 0) is 32.4 Å². The minimum absolute atomic E-state index is 0.693. The average Bonchev–Trinajstić information content (AvgIpc) is 2.61. The normalized spacial score (nSPS) is 10.7. The zero-order chi connectivity index (χ0) is 11.5. The van der Waals surface area contributed by atoms with E-state index in [0.29, 0.717) is 6.54 Å². The van der Waals surface area contributed by atoms with E-state index in [0.717, 1.165) is 29.2 Å². The zero-order valence-electron chi connectivity index (χ0n) is 9.75. The first-order valence-electron chi connectivity index (χ1n) is 5.53. The number of imidazole rings is 1. The van der Waals surface area contributed by atoms with Gasteiger partial charge in [-0.2, -0.15) is 0 Å². The molecule has 0 amide bonds. The lowest BCUT2D eigenvalue weighted by atomic mass is 10.1. The molecule has 1 aromatic heterocycles. The molecule has 0 saturated heterocycles. The number of nitrogens with two attached hydrogens (primary N) is 1. The van der Waals surface area contributed by atoms with Crippen LogP contribution in [0, 0.1) is 13.8 Å². The third-order valence-corrected chi connectivity index (χ3v) is 2.79. The van der Waals surface area contributed by atoms with Crippen LogP contribution in [-0.4, -0.2) is 16.5 Å². The molecule has 1 aromatic carbocycles. The molecule has 0 saturated carbocycles. The second kappa shape index (κ2) is 4.49. The molecule has 0 spiro atoms. The van der Waals surface area contributed by atoms with Crippen LogP contribution >= 0.6 is 0 Å². The molecule has 0 radical (unpaired) electrons. The standard InChI is InChI=1S/C13H17N3/c1-9-10(2)16-13(15-9)12-5-3-11(4-6-12)7-8-14/h3-6H,7-8,14H2,1-2H3,(H,15,16). The van der Waals surface area contributed by atoms with Gasteiger partial charge in [-0.1, -0.05) is 24.3 Å². The Morgan fingerprint density at radius 2 is 1.88 bits per heavy atom. The first-order chi connectivity index (χ1) is 7.70. The Balaban J connectivity index is 2.27. The maximum atomic E-state index is 5.51. The van der Waals surface area contributed by atoms with Crippen molar-refractivity contribution in [3.63, 3.8) is 0 Å². The van der Waals surface area contributed by atoms with Gasteiger partial charge in [0.1, 0.15) is 5.82 Å². The molecule has 3 heteroatoms. The van der Waals surface area contributed by atoms with Crippen molar-refractivity contribution in [3.8, 4) is 11.4 Å². The molecule has 16 heavy (non-hydrogen) atoms. The fraction of sp³-hybridized carbons (Fsp3) is 0.308. The van der Waals surface area contributed by atoms with Crippen molar-refractivity contribution in [1.82, 2.24) is 9.97 Å². The molecule has 3 nitrogen and oxygen atoms in total. The van der Waals surface area contributed by atoms with Gasteiger partial charge in [0, 0.05) is 11.3 Å². The van der Waals surface area contributed by atoms with E-state index in [1.54, 1.807) is 0 Å². The first kappa shape index (κ1) is 10.9. The Hall–Kier alpha value is -1.61. The molecule has 0 bridgehead atoms. The van der Waals surface area contributed by atoms with Gasteiger partial charge in [0.05, 0.1) is 5.69 Å². The van der Waals surface area contributed by atoms with Gasteiger partial charge in [-0.15, -0.1) is 0 Å².